The van der Waals surface area contributed by atoms with Gasteiger partial charge in [0.1, 0.15) is 11.3 Å². The van der Waals surface area contributed by atoms with Gasteiger partial charge < -0.3 is 15.2 Å². The predicted molar refractivity (Wildman–Crippen MR) is 94.6 cm³/mol. The van der Waals surface area contributed by atoms with Crippen molar-refractivity contribution in [2.24, 2.45) is 0 Å². The van der Waals surface area contributed by atoms with Crippen LogP contribution in [0.1, 0.15) is 33.1 Å². The van der Waals surface area contributed by atoms with Crippen LogP contribution in [0.25, 0.3) is 0 Å². The van der Waals surface area contributed by atoms with Gasteiger partial charge in [0, 0.05) is 6.04 Å². The van der Waals surface area contributed by atoms with E-state index in [1.54, 1.807) is 12.1 Å². The number of rotatable bonds is 4. The Bertz CT molecular complexity index is 792. The molecule has 24 heavy (non-hydrogen) atoms. The fraction of sp³-hybridized carbons (Fsp3) is 0.278. The van der Waals surface area contributed by atoms with E-state index in [4.69, 9.17) is 27.9 Å². The van der Waals surface area contributed by atoms with Crippen molar-refractivity contribution in [3.63, 3.8) is 0 Å². The van der Waals surface area contributed by atoms with E-state index >= 15 is 0 Å². The van der Waals surface area contributed by atoms with Crippen LogP contribution < -0.4 is 10.1 Å². The minimum Gasteiger partial charge on any atom is -0.496 e. The summed E-state index contributed by atoms with van der Waals surface area (Å²) in [7, 11) is 1.49. The molecule has 4 nitrogen and oxygen atoms in total. The smallest absolute Gasteiger partial charge is 0.339 e. The largest absolute Gasteiger partial charge is 0.496 e. The SMILES string of the molecule is COc1cc2c(cc1C(=O)O)C(Cc1ccc(Cl)c(Cl)c1)NCC2. The number of methoxy groups -OCH3 is 1. The maximum absolute atomic E-state index is 11.5. The van der Waals surface area contributed by atoms with Crippen LogP contribution in [0.2, 0.25) is 10.0 Å². The molecule has 0 radical (unpaired) electrons. The van der Waals surface area contributed by atoms with E-state index in [1.807, 2.05) is 18.2 Å². The van der Waals surface area contributed by atoms with Crippen LogP contribution in [-0.4, -0.2) is 24.7 Å². The number of carboxylic acid groups (broad SMARTS) is 1. The van der Waals surface area contributed by atoms with Gasteiger partial charge in [-0.15, -0.1) is 0 Å². The van der Waals surface area contributed by atoms with Gasteiger partial charge >= 0.3 is 5.97 Å². The molecule has 2 aromatic rings. The normalized spacial score (nSPS) is 16.5. The van der Waals surface area contributed by atoms with E-state index in [0.29, 0.717) is 22.2 Å². The Morgan fingerprint density at radius 1 is 1.29 bits per heavy atom. The molecule has 1 aliphatic rings. The Hall–Kier alpha value is -1.75. The molecule has 0 spiro atoms. The van der Waals surface area contributed by atoms with Crippen LogP contribution in [0.15, 0.2) is 30.3 Å². The summed E-state index contributed by atoms with van der Waals surface area (Å²) in [4.78, 5) is 11.5. The molecule has 0 bridgehead atoms. The van der Waals surface area contributed by atoms with E-state index in [1.165, 1.54) is 7.11 Å². The van der Waals surface area contributed by atoms with Gasteiger partial charge in [0.15, 0.2) is 0 Å². The summed E-state index contributed by atoms with van der Waals surface area (Å²) in [5.41, 5.74) is 3.33. The van der Waals surface area contributed by atoms with Gasteiger partial charge in [-0.1, -0.05) is 29.3 Å². The first-order chi connectivity index (χ1) is 11.5. The second-order valence-corrected chi connectivity index (χ2v) is 6.58. The number of aromatic carboxylic acids is 1. The molecule has 1 unspecified atom stereocenters. The summed E-state index contributed by atoms with van der Waals surface area (Å²) in [5.74, 6) is -0.593. The average molecular weight is 366 g/mol. The second kappa shape index (κ2) is 7.01. The van der Waals surface area contributed by atoms with E-state index in [-0.39, 0.29) is 11.6 Å². The Kier molecular flexibility index (Phi) is 4.99. The molecule has 0 saturated heterocycles. The number of fused-ring (bicyclic) bond motifs is 1. The lowest BCUT2D eigenvalue weighted by molar-refractivity contribution is 0.0693. The first-order valence-electron chi connectivity index (χ1n) is 7.61. The summed E-state index contributed by atoms with van der Waals surface area (Å²) in [5, 5.41) is 13.9. The van der Waals surface area contributed by atoms with Gasteiger partial charge in [-0.2, -0.15) is 0 Å². The van der Waals surface area contributed by atoms with Crippen molar-refractivity contribution in [1.29, 1.82) is 0 Å². The molecule has 0 saturated carbocycles. The molecular formula is C18H17Cl2NO3. The minimum absolute atomic E-state index is 0.0231. The molecule has 2 N–H and O–H groups in total. The van der Waals surface area contributed by atoms with Gasteiger partial charge in [-0.3, -0.25) is 0 Å². The zero-order valence-corrected chi connectivity index (χ0v) is 14.6. The van der Waals surface area contributed by atoms with E-state index in [0.717, 1.165) is 29.7 Å². The third-order valence-electron chi connectivity index (χ3n) is 4.28. The summed E-state index contributed by atoms with van der Waals surface area (Å²) in [6.07, 6.45) is 1.54. The molecule has 3 rings (SSSR count). The number of hydrogen-bond donors (Lipinski definition) is 2. The van der Waals surface area contributed by atoms with Crippen molar-refractivity contribution in [1.82, 2.24) is 5.32 Å². The van der Waals surface area contributed by atoms with E-state index in [2.05, 4.69) is 5.32 Å². The lowest BCUT2D eigenvalue weighted by Crippen LogP contribution is -2.31. The van der Waals surface area contributed by atoms with Crippen molar-refractivity contribution in [2.75, 3.05) is 13.7 Å². The van der Waals surface area contributed by atoms with Gasteiger partial charge in [0.2, 0.25) is 0 Å². The Morgan fingerprint density at radius 2 is 2.08 bits per heavy atom. The molecule has 2 aromatic carbocycles. The molecule has 0 amide bonds. The quantitative estimate of drug-likeness (QED) is 0.854. The average Bonchev–Trinajstić information content (AvgIpc) is 2.57. The topological polar surface area (TPSA) is 58.6 Å². The molecular weight excluding hydrogens is 349 g/mol. The molecule has 126 valence electrons. The Morgan fingerprint density at radius 3 is 2.75 bits per heavy atom. The highest BCUT2D eigenvalue weighted by molar-refractivity contribution is 6.42. The number of carboxylic acids is 1. The molecule has 1 heterocycles. The van der Waals surface area contributed by atoms with Gasteiger partial charge in [-0.25, -0.2) is 4.79 Å². The van der Waals surface area contributed by atoms with Gasteiger partial charge in [0.05, 0.1) is 17.2 Å². The lowest BCUT2D eigenvalue weighted by Gasteiger charge is -2.28. The van der Waals surface area contributed by atoms with Crippen molar-refractivity contribution >= 4 is 29.2 Å². The first kappa shape index (κ1) is 17.1. The number of halogens is 2. The van der Waals surface area contributed by atoms with E-state index < -0.39 is 5.97 Å². The van der Waals surface area contributed by atoms with Crippen LogP contribution in [0, 0.1) is 0 Å². The fourth-order valence-corrected chi connectivity index (χ4v) is 3.41. The summed E-state index contributed by atoms with van der Waals surface area (Å²) < 4.78 is 5.22. The fourth-order valence-electron chi connectivity index (χ4n) is 3.09. The molecule has 0 aliphatic carbocycles. The van der Waals surface area contributed by atoms with Crippen LogP contribution in [0.3, 0.4) is 0 Å². The minimum atomic E-state index is -0.992. The standard InChI is InChI=1S/C18H17Cl2NO3/c1-24-17-8-11-4-5-21-16(12(11)9-13(17)18(22)23)7-10-2-3-14(19)15(20)6-10/h2-3,6,8-9,16,21H,4-5,7H2,1H3,(H,22,23). The molecule has 0 fully saturated rings. The summed E-state index contributed by atoms with van der Waals surface area (Å²) in [6.45, 7) is 0.828. The molecule has 1 atom stereocenters. The highest BCUT2D eigenvalue weighted by Gasteiger charge is 2.24. The van der Waals surface area contributed by atoms with Crippen molar-refractivity contribution in [2.45, 2.75) is 18.9 Å². The van der Waals surface area contributed by atoms with Gasteiger partial charge in [-0.05, 0) is 60.3 Å². The monoisotopic (exact) mass is 365 g/mol. The second-order valence-electron chi connectivity index (χ2n) is 5.77. The summed E-state index contributed by atoms with van der Waals surface area (Å²) in [6, 6.07) is 9.13. The number of ether oxygens (including phenoxy) is 1. The third-order valence-corrected chi connectivity index (χ3v) is 5.02. The van der Waals surface area contributed by atoms with Crippen LogP contribution in [0.5, 0.6) is 5.75 Å². The number of nitrogens with one attached hydrogen (secondary N) is 1. The first-order valence-corrected chi connectivity index (χ1v) is 8.36. The predicted octanol–water partition coefficient (Wildman–Crippen LogP) is 4.13. The van der Waals surface area contributed by atoms with Crippen LogP contribution >= 0.6 is 23.2 Å². The maximum Gasteiger partial charge on any atom is 0.339 e. The van der Waals surface area contributed by atoms with Crippen molar-refractivity contribution in [3.8, 4) is 5.75 Å². The number of carbonyl (C=O) groups is 1. The highest BCUT2D eigenvalue weighted by atomic mass is 35.5. The summed E-state index contributed by atoms with van der Waals surface area (Å²) >= 11 is 12.1. The highest BCUT2D eigenvalue weighted by Crippen LogP contribution is 2.33. The van der Waals surface area contributed by atoms with Crippen LogP contribution in [-0.2, 0) is 12.8 Å². The van der Waals surface area contributed by atoms with Crippen LogP contribution in [0.4, 0.5) is 0 Å². The lowest BCUT2D eigenvalue weighted by atomic mass is 9.88. The van der Waals surface area contributed by atoms with E-state index in [9.17, 15) is 9.90 Å². The van der Waals surface area contributed by atoms with Crippen molar-refractivity contribution in [3.05, 3.63) is 62.6 Å². The zero-order valence-electron chi connectivity index (χ0n) is 13.1. The molecule has 6 heteroatoms. The maximum atomic E-state index is 11.5. The number of hydrogen-bond acceptors (Lipinski definition) is 3. The van der Waals surface area contributed by atoms with Crippen molar-refractivity contribution < 1.29 is 14.6 Å². The molecule has 0 aromatic heterocycles. The Labute approximate surface area is 150 Å². The van der Waals surface area contributed by atoms with Gasteiger partial charge in [0.25, 0.3) is 0 Å². The third kappa shape index (κ3) is 3.36. The Balaban J connectivity index is 1.97. The zero-order chi connectivity index (χ0) is 17.3. The number of benzene rings is 2. The molecule has 1 aliphatic heterocycles.